The van der Waals surface area contributed by atoms with E-state index in [1.54, 1.807) is 0 Å². The smallest absolute Gasteiger partial charge is 0.220 e. The highest BCUT2D eigenvalue weighted by atomic mass is 35.5. The fourth-order valence-corrected chi connectivity index (χ4v) is 4.09. The first-order valence-corrected chi connectivity index (χ1v) is 9.62. The summed E-state index contributed by atoms with van der Waals surface area (Å²) in [7, 11) is 0. The summed E-state index contributed by atoms with van der Waals surface area (Å²) in [6.45, 7) is 4.63. The van der Waals surface area contributed by atoms with Crippen molar-refractivity contribution in [3.63, 3.8) is 0 Å². The van der Waals surface area contributed by atoms with Crippen molar-refractivity contribution in [2.75, 3.05) is 38.6 Å². The molecule has 0 aliphatic carbocycles. The molecule has 2 aliphatic rings. The minimum absolute atomic E-state index is 0. The Bertz CT molecular complexity index is 574. The number of nitrogens with zero attached hydrogens (tertiary/aromatic N) is 1. The predicted molar refractivity (Wildman–Crippen MR) is 115 cm³/mol. The number of likely N-dealkylation sites (tertiary alicyclic amines) is 1. The normalized spacial score (nSPS) is 19.4. The standard InChI is InChI=1S/C20H31N3O2.2ClH/c21-18-7-3-2-6-17(18)8-9-19(24)22-16-20(10-14-25-15-11-20)23-12-4-1-5-13-23;;/h2-3,6-7H,1,4-5,8-16,21H2,(H,22,24);2*1H. The number of aryl methyl sites for hydroxylation is 1. The van der Waals surface area contributed by atoms with Crippen molar-refractivity contribution in [2.24, 2.45) is 0 Å². The molecule has 1 aromatic carbocycles. The molecular formula is C20H33Cl2N3O2. The average molecular weight is 418 g/mol. The number of nitrogens with one attached hydrogen (secondary N) is 1. The van der Waals surface area contributed by atoms with Crippen LogP contribution >= 0.6 is 24.8 Å². The van der Waals surface area contributed by atoms with Gasteiger partial charge >= 0.3 is 0 Å². The fraction of sp³-hybridized carbons (Fsp3) is 0.650. The summed E-state index contributed by atoms with van der Waals surface area (Å²) in [6, 6.07) is 7.78. The Morgan fingerprint density at radius 3 is 2.44 bits per heavy atom. The first-order valence-electron chi connectivity index (χ1n) is 9.62. The largest absolute Gasteiger partial charge is 0.399 e. The van der Waals surface area contributed by atoms with Gasteiger partial charge in [0.2, 0.25) is 5.91 Å². The molecule has 0 spiro atoms. The number of ether oxygens (including phenoxy) is 1. The zero-order chi connectivity index (χ0) is 17.5. The number of nitrogens with two attached hydrogens (primary N) is 1. The van der Waals surface area contributed by atoms with Gasteiger partial charge in [-0.2, -0.15) is 0 Å². The summed E-state index contributed by atoms with van der Waals surface area (Å²) in [6.07, 6.45) is 7.07. The molecule has 27 heavy (non-hydrogen) atoms. The van der Waals surface area contributed by atoms with Gasteiger partial charge in [-0.25, -0.2) is 0 Å². The summed E-state index contributed by atoms with van der Waals surface area (Å²) >= 11 is 0. The molecule has 154 valence electrons. The topological polar surface area (TPSA) is 67.6 Å². The Morgan fingerprint density at radius 2 is 1.78 bits per heavy atom. The Balaban J connectivity index is 0.00000182. The van der Waals surface area contributed by atoms with Crippen molar-refractivity contribution in [3.05, 3.63) is 29.8 Å². The molecule has 0 saturated carbocycles. The van der Waals surface area contributed by atoms with Crippen molar-refractivity contribution in [2.45, 2.75) is 50.5 Å². The van der Waals surface area contributed by atoms with Crippen molar-refractivity contribution in [3.8, 4) is 0 Å². The number of anilines is 1. The van der Waals surface area contributed by atoms with Crippen molar-refractivity contribution < 1.29 is 9.53 Å². The molecule has 7 heteroatoms. The fourth-order valence-electron chi connectivity index (χ4n) is 4.09. The van der Waals surface area contributed by atoms with Gasteiger partial charge < -0.3 is 15.8 Å². The molecule has 1 aromatic rings. The van der Waals surface area contributed by atoms with E-state index in [0.29, 0.717) is 12.8 Å². The Hall–Kier alpha value is -1.01. The number of nitrogen functional groups attached to an aromatic ring is 1. The number of hydrogen-bond donors (Lipinski definition) is 2. The second kappa shape index (κ2) is 11.7. The number of carbonyl (C=O) groups excluding carboxylic acids is 1. The van der Waals surface area contributed by atoms with Crippen LogP contribution in [0, 0.1) is 0 Å². The predicted octanol–water partition coefficient (Wildman–Crippen LogP) is 3.20. The maximum Gasteiger partial charge on any atom is 0.220 e. The first kappa shape index (κ1) is 24.0. The van der Waals surface area contributed by atoms with Gasteiger partial charge in [0, 0.05) is 37.4 Å². The van der Waals surface area contributed by atoms with Crippen LogP contribution in [0.5, 0.6) is 0 Å². The van der Waals surface area contributed by atoms with Crippen LogP contribution < -0.4 is 11.1 Å². The Morgan fingerprint density at radius 1 is 1.11 bits per heavy atom. The molecule has 0 bridgehead atoms. The molecule has 0 aromatic heterocycles. The van der Waals surface area contributed by atoms with Crippen LogP contribution in [0.4, 0.5) is 5.69 Å². The van der Waals surface area contributed by atoms with Crippen LogP contribution in [0.3, 0.4) is 0 Å². The third kappa shape index (κ3) is 6.53. The van der Waals surface area contributed by atoms with Crippen molar-refractivity contribution >= 4 is 36.4 Å². The van der Waals surface area contributed by atoms with Crippen LogP contribution in [-0.4, -0.2) is 49.2 Å². The number of benzene rings is 1. The Labute approximate surface area is 175 Å². The van der Waals surface area contributed by atoms with Gasteiger partial charge in [-0.15, -0.1) is 24.8 Å². The number of para-hydroxylation sites is 1. The van der Waals surface area contributed by atoms with Gasteiger partial charge in [0.05, 0.1) is 0 Å². The summed E-state index contributed by atoms with van der Waals surface area (Å²) in [4.78, 5) is 15.0. The molecule has 0 atom stereocenters. The quantitative estimate of drug-likeness (QED) is 0.697. The third-order valence-electron chi connectivity index (χ3n) is 5.74. The van der Waals surface area contributed by atoms with E-state index in [0.717, 1.165) is 56.9 Å². The molecule has 3 rings (SSSR count). The number of carbonyl (C=O) groups is 1. The maximum absolute atomic E-state index is 12.4. The maximum atomic E-state index is 12.4. The summed E-state index contributed by atoms with van der Waals surface area (Å²) < 4.78 is 5.59. The van der Waals surface area contributed by atoms with Crippen LogP contribution in [0.25, 0.3) is 0 Å². The number of amides is 1. The molecule has 2 heterocycles. The summed E-state index contributed by atoms with van der Waals surface area (Å²) in [5.74, 6) is 0.117. The zero-order valence-electron chi connectivity index (χ0n) is 16.0. The van der Waals surface area contributed by atoms with E-state index < -0.39 is 0 Å². The van der Waals surface area contributed by atoms with E-state index in [1.807, 2.05) is 24.3 Å². The number of halogens is 2. The van der Waals surface area contributed by atoms with E-state index in [2.05, 4.69) is 10.2 Å². The third-order valence-corrected chi connectivity index (χ3v) is 5.74. The van der Waals surface area contributed by atoms with E-state index >= 15 is 0 Å². The highest BCUT2D eigenvalue weighted by Crippen LogP contribution is 2.30. The van der Waals surface area contributed by atoms with Crippen LogP contribution in [0.15, 0.2) is 24.3 Å². The lowest BCUT2D eigenvalue weighted by atomic mass is 9.86. The van der Waals surface area contributed by atoms with Gasteiger partial charge in [-0.05, 0) is 56.8 Å². The van der Waals surface area contributed by atoms with Gasteiger partial charge in [0.25, 0.3) is 0 Å². The minimum Gasteiger partial charge on any atom is -0.399 e. The van der Waals surface area contributed by atoms with E-state index in [9.17, 15) is 4.79 Å². The average Bonchev–Trinajstić information content (AvgIpc) is 2.67. The SMILES string of the molecule is Cl.Cl.Nc1ccccc1CCC(=O)NCC1(N2CCCCC2)CCOCC1. The second-order valence-electron chi connectivity index (χ2n) is 7.36. The lowest BCUT2D eigenvalue weighted by molar-refractivity contribution is -0.122. The van der Waals surface area contributed by atoms with E-state index in [-0.39, 0.29) is 36.3 Å². The lowest BCUT2D eigenvalue weighted by Gasteiger charge is -2.48. The summed E-state index contributed by atoms with van der Waals surface area (Å²) in [5, 5.41) is 3.20. The highest BCUT2D eigenvalue weighted by molar-refractivity contribution is 5.85. The van der Waals surface area contributed by atoms with Crippen molar-refractivity contribution in [1.82, 2.24) is 10.2 Å². The lowest BCUT2D eigenvalue weighted by Crippen LogP contribution is -2.59. The van der Waals surface area contributed by atoms with E-state index in [4.69, 9.17) is 10.5 Å². The minimum atomic E-state index is 0. The molecule has 5 nitrogen and oxygen atoms in total. The number of rotatable bonds is 6. The van der Waals surface area contributed by atoms with Crippen LogP contribution in [0.2, 0.25) is 0 Å². The highest BCUT2D eigenvalue weighted by Gasteiger charge is 2.39. The molecule has 0 radical (unpaired) electrons. The number of hydrogen-bond acceptors (Lipinski definition) is 4. The van der Waals surface area contributed by atoms with E-state index in [1.165, 1.54) is 19.3 Å². The van der Waals surface area contributed by atoms with Crippen LogP contribution in [0.1, 0.15) is 44.1 Å². The molecule has 2 aliphatic heterocycles. The number of piperidine rings is 1. The zero-order valence-corrected chi connectivity index (χ0v) is 17.6. The summed E-state index contributed by atoms with van der Waals surface area (Å²) in [5.41, 5.74) is 7.87. The Kier molecular flexibility index (Phi) is 10.5. The van der Waals surface area contributed by atoms with Gasteiger partial charge in [-0.3, -0.25) is 9.69 Å². The monoisotopic (exact) mass is 417 g/mol. The molecule has 2 saturated heterocycles. The second-order valence-corrected chi connectivity index (χ2v) is 7.36. The molecule has 0 unspecified atom stereocenters. The molecular weight excluding hydrogens is 385 g/mol. The first-order chi connectivity index (χ1) is 12.2. The van der Waals surface area contributed by atoms with Crippen molar-refractivity contribution in [1.29, 1.82) is 0 Å². The van der Waals surface area contributed by atoms with Gasteiger partial charge in [0.15, 0.2) is 0 Å². The van der Waals surface area contributed by atoms with Gasteiger partial charge in [-0.1, -0.05) is 24.6 Å². The molecule has 3 N–H and O–H groups in total. The van der Waals surface area contributed by atoms with Gasteiger partial charge in [0.1, 0.15) is 0 Å². The molecule has 2 fully saturated rings. The van der Waals surface area contributed by atoms with Crippen LogP contribution in [-0.2, 0) is 16.0 Å². The molecule has 1 amide bonds.